The zero-order valence-electron chi connectivity index (χ0n) is 18.9. The molecule has 0 bridgehead atoms. The number of carbonyl (C=O) groups is 1. The summed E-state index contributed by atoms with van der Waals surface area (Å²) in [6.07, 6.45) is 18.3. The van der Waals surface area contributed by atoms with Crippen LogP contribution in [-0.4, -0.2) is 24.0 Å². The first-order valence-corrected chi connectivity index (χ1v) is 11.6. The number of hydrogen-bond donors (Lipinski definition) is 4. The standard InChI is InChI=1S/C26H38N4O/c1-20-12-6-5-11-17-26(2,18-20)29-23(31)19-28-24(21-13-7-3-8-14-21)25(30-27)22-15-9-4-10-16-22/h3-4,7-11,13,15-17,20-21,24-25,28,30H,5-6,12,14,18-19,27H2,1-2H3,(H,29,31). The van der Waals surface area contributed by atoms with Crippen molar-refractivity contribution < 1.29 is 4.79 Å². The van der Waals surface area contributed by atoms with E-state index < -0.39 is 0 Å². The van der Waals surface area contributed by atoms with Crippen LogP contribution in [0.1, 0.15) is 57.6 Å². The molecule has 0 fully saturated rings. The van der Waals surface area contributed by atoms with Gasteiger partial charge in [-0.05, 0) is 50.0 Å². The van der Waals surface area contributed by atoms with E-state index in [1.54, 1.807) is 0 Å². The van der Waals surface area contributed by atoms with Crippen molar-refractivity contribution in [1.82, 2.24) is 16.1 Å². The summed E-state index contributed by atoms with van der Waals surface area (Å²) in [7, 11) is 0. The molecule has 0 heterocycles. The minimum Gasteiger partial charge on any atom is -0.346 e. The predicted octanol–water partition coefficient (Wildman–Crippen LogP) is 3.92. The molecule has 168 valence electrons. The van der Waals surface area contributed by atoms with Gasteiger partial charge in [0.15, 0.2) is 0 Å². The van der Waals surface area contributed by atoms with Crippen LogP contribution in [0.4, 0.5) is 0 Å². The number of nitrogens with one attached hydrogen (secondary N) is 3. The lowest BCUT2D eigenvalue weighted by molar-refractivity contribution is -0.121. The largest absolute Gasteiger partial charge is 0.346 e. The van der Waals surface area contributed by atoms with Crippen molar-refractivity contribution in [2.75, 3.05) is 6.54 Å². The topological polar surface area (TPSA) is 79.2 Å². The normalized spacial score (nSPS) is 27.8. The second-order valence-electron chi connectivity index (χ2n) is 9.28. The molecule has 31 heavy (non-hydrogen) atoms. The highest BCUT2D eigenvalue weighted by Crippen LogP contribution is 2.27. The van der Waals surface area contributed by atoms with E-state index in [-0.39, 0.29) is 36.0 Å². The molecule has 1 aromatic rings. The summed E-state index contributed by atoms with van der Waals surface area (Å²) in [5.74, 6) is 6.86. The lowest BCUT2D eigenvalue weighted by Crippen LogP contribution is -2.53. The van der Waals surface area contributed by atoms with Crippen LogP contribution in [0.2, 0.25) is 0 Å². The maximum absolute atomic E-state index is 13.0. The van der Waals surface area contributed by atoms with Crippen molar-refractivity contribution >= 4 is 5.91 Å². The molecule has 0 radical (unpaired) electrons. The quantitative estimate of drug-likeness (QED) is 0.291. The summed E-state index contributed by atoms with van der Waals surface area (Å²) >= 11 is 0. The minimum absolute atomic E-state index is 0.0149. The molecule has 3 rings (SSSR count). The first kappa shape index (κ1) is 23.5. The van der Waals surface area contributed by atoms with Crippen LogP contribution < -0.4 is 21.9 Å². The van der Waals surface area contributed by atoms with E-state index in [1.807, 2.05) is 18.2 Å². The third-order valence-electron chi connectivity index (χ3n) is 6.42. The Morgan fingerprint density at radius 2 is 2.03 bits per heavy atom. The lowest BCUT2D eigenvalue weighted by Gasteiger charge is -2.35. The van der Waals surface area contributed by atoms with Gasteiger partial charge in [0.1, 0.15) is 0 Å². The number of hydrazine groups is 1. The molecule has 1 amide bonds. The molecule has 5 nitrogen and oxygen atoms in total. The minimum atomic E-state index is -0.299. The van der Waals surface area contributed by atoms with Gasteiger partial charge in [0.05, 0.1) is 18.1 Å². The first-order valence-electron chi connectivity index (χ1n) is 11.6. The number of carbonyl (C=O) groups excluding carboxylic acids is 1. The van der Waals surface area contributed by atoms with Crippen molar-refractivity contribution in [3.05, 3.63) is 72.4 Å². The highest BCUT2D eigenvalue weighted by Gasteiger charge is 2.31. The van der Waals surface area contributed by atoms with Gasteiger partial charge in [-0.25, -0.2) is 0 Å². The lowest BCUT2D eigenvalue weighted by atomic mass is 9.84. The van der Waals surface area contributed by atoms with Gasteiger partial charge < -0.3 is 10.6 Å². The van der Waals surface area contributed by atoms with Crippen LogP contribution in [0, 0.1) is 11.8 Å². The molecule has 0 aliphatic heterocycles. The zero-order chi connectivity index (χ0) is 22.1. The summed E-state index contributed by atoms with van der Waals surface area (Å²) in [4.78, 5) is 13.0. The van der Waals surface area contributed by atoms with Crippen LogP contribution in [0.5, 0.6) is 0 Å². The molecule has 0 spiro atoms. The van der Waals surface area contributed by atoms with E-state index in [2.05, 4.69) is 78.5 Å². The van der Waals surface area contributed by atoms with E-state index >= 15 is 0 Å². The van der Waals surface area contributed by atoms with Crippen LogP contribution in [0.25, 0.3) is 0 Å². The van der Waals surface area contributed by atoms with Crippen molar-refractivity contribution in [2.45, 2.75) is 63.6 Å². The second-order valence-corrected chi connectivity index (χ2v) is 9.28. The molecule has 0 saturated carbocycles. The first-order chi connectivity index (χ1) is 15.0. The van der Waals surface area contributed by atoms with E-state index in [1.165, 1.54) is 12.8 Å². The Balaban J connectivity index is 1.69. The van der Waals surface area contributed by atoms with Crippen molar-refractivity contribution in [1.29, 1.82) is 0 Å². The number of rotatable bonds is 8. The molecule has 5 unspecified atom stereocenters. The van der Waals surface area contributed by atoms with Gasteiger partial charge in [-0.15, -0.1) is 0 Å². The van der Waals surface area contributed by atoms with Gasteiger partial charge in [0, 0.05) is 6.04 Å². The Kier molecular flexibility index (Phi) is 8.64. The van der Waals surface area contributed by atoms with E-state index in [4.69, 9.17) is 5.84 Å². The Morgan fingerprint density at radius 1 is 1.23 bits per heavy atom. The molecule has 0 aromatic heterocycles. The average Bonchev–Trinajstić information content (AvgIpc) is 2.76. The molecule has 2 aliphatic carbocycles. The molecule has 5 heteroatoms. The summed E-state index contributed by atoms with van der Waals surface area (Å²) < 4.78 is 0. The summed E-state index contributed by atoms with van der Waals surface area (Å²) in [5, 5.41) is 6.80. The smallest absolute Gasteiger partial charge is 0.234 e. The fourth-order valence-electron chi connectivity index (χ4n) is 4.94. The zero-order valence-corrected chi connectivity index (χ0v) is 18.9. The number of allylic oxidation sites excluding steroid dienone is 4. The fraction of sp³-hybridized carbons (Fsp3) is 0.500. The van der Waals surface area contributed by atoms with E-state index in [0.29, 0.717) is 5.92 Å². The van der Waals surface area contributed by atoms with E-state index in [9.17, 15) is 4.79 Å². The van der Waals surface area contributed by atoms with E-state index in [0.717, 1.165) is 24.8 Å². The number of benzene rings is 1. The Bertz CT molecular complexity index is 788. The number of amides is 1. The molecule has 5 atom stereocenters. The van der Waals surface area contributed by atoms with Gasteiger partial charge in [-0.3, -0.25) is 16.1 Å². The Morgan fingerprint density at radius 3 is 2.74 bits per heavy atom. The van der Waals surface area contributed by atoms with Crippen LogP contribution in [-0.2, 0) is 4.79 Å². The number of nitrogens with two attached hydrogens (primary N) is 1. The maximum atomic E-state index is 13.0. The van der Waals surface area contributed by atoms with Gasteiger partial charge in [0.2, 0.25) is 5.91 Å². The number of hydrogen-bond acceptors (Lipinski definition) is 4. The average molecular weight is 423 g/mol. The third-order valence-corrected chi connectivity index (χ3v) is 6.42. The summed E-state index contributed by atoms with van der Waals surface area (Å²) in [6, 6.07) is 10.1. The third kappa shape index (κ3) is 6.89. The monoisotopic (exact) mass is 422 g/mol. The molecule has 5 N–H and O–H groups in total. The van der Waals surface area contributed by atoms with Gasteiger partial charge in [-0.2, -0.15) is 0 Å². The molecular weight excluding hydrogens is 384 g/mol. The predicted molar refractivity (Wildman–Crippen MR) is 128 cm³/mol. The highest BCUT2D eigenvalue weighted by atomic mass is 16.2. The van der Waals surface area contributed by atoms with Crippen molar-refractivity contribution in [3.63, 3.8) is 0 Å². The molecule has 2 aliphatic rings. The van der Waals surface area contributed by atoms with Crippen molar-refractivity contribution in [2.24, 2.45) is 17.7 Å². The van der Waals surface area contributed by atoms with Crippen molar-refractivity contribution in [3.8, 4) is 0 Å². The summed E-state index contributed by atoms with van der Waals surface area (Å²) in [6.45, 7) is 4.66. The van der Waals surface area contributed by atoms with Crippen LogP contribution >= 0.6 is 0 Å². The van der Waals surface area contributed by atoms with Crippen LogP contribution in [0.15, 0.2) is 66.8 Å². The Labute approximate surface area is 187 Å². The fourth-order valence-corrected chi connectivity index (χ4v) is 4.94. The SMILES string of the molecule is CC1CCCC=CC(C)(NC(=O)CNC(C2C=CC=CC2)C(NN)c2ccccc2)C1. The molecule has 0 saturated heterocycles. The van der Waals surface area contributed by atoms with Gasteiger partial charge >= 0.3 is 0 Å². The maximum Gasteiger partial charge on any atom is 0.234 e. The Hall–Kier alpha value is -2.21. The molecular formula is C26H38N4O. The van der Waals surface area contributed by atoms with Gasteiger partial charge in [-0.1, -0.05) is 80.1 Å². The molecule has 1 aromatic carbocycles. The van der Waals surface area contributed by atoms with Crippen LogP contribution in [0.3, 0.4) is 0 Å². The summed E-state index contributed by atoms with van der Waals surface area (Å²) in [5.41, 5.74) is 3.79. The highest BCUT2D eigenvalue weighted by molar-refractivity contribution is 5.79. The van der Waals surface area contributed by atoms with Gasteiger partial charge in [0.25, 0.3) is 0 Å². The second kappa shape index (κ2) is 11.4.